The Morgan fingerprint density at radius 3 is 2.37 bits per heavy atom. The SMILES string of the molecule is FC(F)(F)c1ccc(-c2cncc3c2CCC3)cc1. The molecule has 0 spiro atoms. The Labute approximate surface area is 109 Å². The van der Waals surface area contributed by atoms with E-state index in [0.717, 1.165) is 42.5 Å². The number of pyridine rings is 1. The first-order valence-electron chi connectivity index (χ1n) is 6.19. The van der Waals surface area contributed by atoms with Crippen molar-refractivity contribution in [3.05, 3.63) is 53.3 Å². The van der Waals surface area contributed by atoms with Gasteiger partial charge in [-0.25, -0.2) is 0 Å². The molecule has 19 heavy (non-hydrogen) atoms. The Hall–Kier alpha value is -1.84. The van der Waals surface area contributed by atoms with Crippen molar-refractivity contribution in [3.63, 3.8) is 0 Å². The summed E-state index contributed by atoms with van der Waals surface area (Å²) in [5.74, 6) is 0. The summed E-state index contributed by atoms with van der Waals surface area (Å²) in [4.78, 5) is 4.18. The lowest BCUT2D eigenvalue weighted by atomic mass is 9.99. The number of rotatable bonds is 1. The zero-order valence-corrected chi connectivity index (χ0v) is 10.2. The van der Waals surface area contributed by atoms with Crippen LogP contribution >= 0.6 is 0 Å². The number of hydrogen-bond donors (Lipinski definition) is 0. The highest BCUT2D eigenvalue weighted by atomic mass is 19.4. The van der Waals surface area contributed by atoms with E-state index in [-0.39, 0.29) is 0 Å². The second-order valence-electron chi connectivity index (χ2n) is 4.75. The Bertz CT molecular complexity index is 600. The van der Waals surface area contributed by atoms with Crippen LogP contribution in [0.2, 0.25) is 0 Å². The van der Waals surface area contributed by atoms with Crippen LogP contribution in [0.5, 0.6) is 0 Å². The molecule has 0 saturated carbocycles. The maximum atomic E-state index is 12.5. The molecule has 0 unspecified atom stereocenters. The van der Waals surface area contributed by atoms with Crippen LogP contribution in [0.1, 0.15) is 23.1 Å². The minimum absolute atomic E-state index is 0.614. The number of benzene rings is 1. The largest absolute Gasteiger partial charge is 0.416 e. The Kier molecular flexibility index (Phi) is 2.81. The highest BCUT2D eigenvalue weighted by Crippen LogP contribution is 2.34. The number of aromatic nitrogens is 1. The van der Waals surface area contributed by atoms with E-state index in [1.165, 1.54) is 23.3 Å². The summed E-state index contributed by atoms with van der Waals surface area (Å²) in [6.45, 7) is 0. The van der Waals surface area contributed by atoms with E-state index in [1.54, 1.807) is 6.20 Å². The number of aryl methyl sites for hydroxylation is 1. The molecule has 98 valence electrons. The van der Waals surface area contributed by atoms with E-state index >= 15 is 0 Å². The molecular formula is C15H12F3N. The maximum absolute atomic E-state index is 12.5. The van der Waals surface area contributed by atoms with Gasteiger partial charge in [-0.05, 0) is 48.1 Å². The van der Waals surface area contributed by atoms with Crippen molar-refractivity contribution in [1.29, 1.82) is 0 Å². The predicted octanol–water partition coefficient (Wildman–Crippen LogP) is 4.26. The Morgan fingerprint density at radius 2 is 1.68 bits per heavy atom. The predicted molar refractivity (Wildman–Crippen MR) is 66.7 cm³/mol. The van der Waals surface area contributed by atoms with Gasteiger partial charge in [0.2, 0.25) is 0 Å². The van der Waals surface area contributed by atoms with Gasteiger partial charge in [-0.1, -0.05) is 12.1 Å². The molecule has 0 saturated heterocycles. The van der Waals surface area contributed by atoms with Crippen molar-refractivity contribution in [2.45, 2.75) is 25.4 Å². The Morgan fingerprint density at radius 1 is 0.947 bits per heavy atom. The normalized spacial score (nSPS) is 14.5. The van der Waals surface area contributed by atoms with E-state index < -0.39 is 11.7 Å². The van der Waals surface area contributed by atoms with Crippen LogP contribution in [0.25, 0.3) is 11.1 Å². The standard InChI is InChI=1S/C15H12F3N/c16-15(17,18)12-6-4-10(5-7-12)14-9-19-8-11-2-1-3-13(11)14/h4-9H,1-3H2. The minimum Gasteiger partial charge on any atom is -0.264 e. The highest BCUT2D eigenvalue weighted by molar-refractivity contribution is 5.68. The van der Waals surface area contributed by atoms with Gasteiger partial charge in [-0.3, -0.25) is 4.98 Å². The van der Waals surface area contributed by atoms with Gasteiger partial charge in [0, 0.05) is 18.0 Å². The molecule has 0 atom stereocenters. The summed E-state index contributed by atoms with van der Waals surface area (Å²) in [5, 5.41) is 0. The van der Waals surface area contributed by atoms with Gasteiger partial charge >= 0.3 is 6.18 Å². The van der Waals surface area contributed by atoms with Gasteiger partial charge in [0.1, 0.15) is 0 Å². The van der Waals surface area contributed by atoms with Crippen LogP contribution < -0.4 is 0 Å². The Balaban J connectivity index is 2.02. The fourth-order valence-corrected chi connectivity index (χ4v) is 2.58. The summed E-state index contributed by atoms with van der Waals surface area (Å²) < 4.78 is 37.6. The van der Waals surface area contributed by atoms with E-state index in [0.29, 0.717) is 0 Å². The van der Waals surface area contributed by atoms with Crippen LogP contribution in [0.3, 0.4) is 0 Å². The molecule has 0 bridgehead atoms. The smallest absolute Gasteiger partial charge is 0.264 e. The second kappa shape index (κ2) is 4.37. The van der Waals surface area contributed by atoms with E-state index in [1.807, 2.05) is 6.20 Å². The van der Waals surface area contributed by atoms with E-state index in [4.69, 9.17) is 0 Å². The summed E-state index contributed by atoms with van der Waals surface area (Å²) in [7, 11) is 0. The van der Waals surface area contributed by atoms with Crippen molar-refractivity contribution < 1.29 is 13.2 Å². The van der Waals surface area contributed by atoms with Crippen molar-refractivity contribution >= 4 is 0 Å². The van der Waals surface area contributed by atoms with Gasteiger partial charge in [0.15, 0.2) is 0 Å². The molecule has 0 N–H and O–H groups in total. The summed E-state index contributed by atoms with van der Waals surface area (Å²) >= 11 is 0. The van der Waals surface area contributed by atoms with Crippen molar-refractivity contribution in [3.8, 4) is 11.1 Å². The number of fused-ring (bicyclic) bond motifs is 1. The molecule has 0 radical (unpaired) electrons. The molecule has 0 fully saturated rings. The third-order valence-corrected chi connectivity index (χ3v) is 3.54. The molecule has 0 amide bonds. The molecule has 3 rings (SSSR count). The van der Waals surface area contributed by atoms with Gasteiger partial charge in [0.25, 0.3) is 0 Å². The molecule has 2 aromatic rings. The fourth-order valence-electron chi connectivity index (χ4n) is 2.58. The maximum Gasteiger partial charge on any atom is 0.416 e. The van der Waals surface area contributed by atoms with Crippen molar-refractivity contribution in [2.24, 2.45) is 0 Å². The molecule has 0 aliphatic heterocycles. The lowest BCUT2D eigenvalue weighted by Crippen LogP contribution is -2.04. The molecular weight excluding hydrogens is 251 g/mol. The third kappa shape index (κ3) is 2.23. The summed E-state index contributed by atoms with van der Waals surface area (Å²) in [6, 6.07) is 5.31. The van der Waals surface area contributed by atoms with Crippen LogP contribution in [0.4, 0.5) is 13.2 Å². The van der Waals surface area contributed by atoms with Crippen LogP contribution in [-0.2, 0) is 19.0 Å². The molecule has 1 aromatic heterocycles. The van der Waals surface area contributed by atoms with Crippen molar-refractivity contribution in [1.82, 2.24) is 4.98 Å². The molecule has 4 heteroatoms. The third-order valence-electron chi connectivity index (χ3n) is 3.54. The van der Waals surface area contributed by atoms with Crippen LogP contribution in [0, 0.1) is 0 Å². The van der Waals surface area contributed by atoms with Gasteiger partial charge in [0.05, 0.1) is 5.56 Å². The average molecular weight is 263 g/mol. The molecule has 1 aliphatic rings. The lowest BCUT2D eigenvalue weighted by Gasteiger charge is -2.10. The van der Waals surface area contributed by atoms with Crippen LogP contribution in [0.15, 0.2) is 36.7 Å². The number of alkyl halides is 3. The van der Waals surface area contributed by atoms with E-state index in [2.05, 4.69) is 4.98 Å². The first-order valence-corrected chi connectivity index (χ1v) is 6.19. The highest BCUT2D eigenvalue weighted by Gasteiger charge is 2.30. The molecule has 1 aliphatic carbocycles. The minimum atomic E-state index is -4.28. The number of halogens is 3. The quantitative estimate of drug-likeness (QED) is 0.749. The summed E-state index contributed by atoms with van der Waals surface area (Å²) in [6.07, 6.45) is 2.40. The van der Waals surface area contributed by atoms with Crippen molar-refractivity contribution in [2.75, 3.05) is 0 Å². The van der Waals surface area contributed by atoms with Gasteiger partial charge in [-0.2, -0.15) is 13.2 Å². The molecule has 1 nitrogen and oxygen atoms in total. The van der Waals surface area contributed by atoms with E-state index in [9.17, 15) is 13.2 Å². The zero-order chi connectivity index (χ0) is 13.5. The monoisotopic (exact) mass is 263 g/mol. The summed E-state index contributed by atoms with van der Waals surface area (Å²) in [5.41, 5.74) is 3.60. The van der Waals surface area contributed by atoms with Crippen LogP contribution in [-0.4, -0.2) is 4.98 Å². The van der Waals surface area contributed by atoms with Gasteiger partial charge in [-0.15, -0.1) is 0 Å². The number of hydrogen-bond acceptors (Lipinski definition) is 1. The number of nitrogens with zero attached hydrogens (tertiary/aromatic N) is 1. The average Bonchev–Trinajstić information content (AvgIpc) is 2.86. The molecule has 1 heterocycles. The molecule has 1 aromatic carbocycles. The van der Waals surface area contributed by atoms with Gasteiger partial charge < -0.3 is 0 Å². The lowest BCUT2D eigenvalue weighted by molar-refractivity contribution is -0.137. The second-order valence-corrected chi connectivity index (χ2v) is 4.75. The first kappa shape index (κ1) is 12.2. The fraction of sp³-hybridized carbons (Fsp3) is 0.267. The topological polar surface area (TPSA) is 12.9 Å². The zero-order valence-electron chi connectivity index (χ0n) is 10.2. The first-order chi connectivity index (χ1) is 9.05.